The number of halogens is 2. The smallest absolute Gasteiger partial charge is 0.278 e. The summed E-state index contributed by atoms with van der Waals surface area (Å²) in [6.07, 6.45) is 1.32. The molecule has 0 bridgehead atoms. The van der Waals surface area contributed by atoms with Crippen LogP contribution in [0.25, 0.3) is 21.9 Å². The summed E-state index contributed by atoms with van der Waals surface area (Å²) in [6.45, 7) is 1.73. The standard InChI is InChI=1S/C22H19F2N5O2/c23-14-5-6-17-15(11-14)20-21(26-17)22(31)29(13-25-20)12-19(30)28-9-7-27(8-10-28)18-4-2-1-3-16(18)24/h1-6,11,13,26H,7-10,12H2. The fourth-order valence-electron chi connectivity index (χ4n) is 4.03. The highest BCUT2D eigenvalue weighted by Gasteiger charge is 2.23. The number of hydrogen-bond acceptors (Lipinski definition) is 4. The van der Waals surface area contributed by atoms with Gasteiger partial charge in [-0.2, -0.15) is 0 Å². The van der Waals surface area contributed by atoms with Crippen LogP contribution in [-0.4, -0.2) is 51.5 Å². The molecule has 0 radical (unpaired) electrons. The lowest BCUT2D eigenvalue weighted by molar-refractivity contribution is -0.132. The van der Waals surface area contributed by atoms with E-state index >= 15 is 0 Å². The van der Waals surface area contributed by atoms with Gasteiger partial charge in [0.15, 0.2) is 0 Å². The molecule has 1 aliphatic rings. The van der Waals surface area contributed by atoms with Gasteiger partial charge in [0.05, 0.1) is 12.0 Å². The monoisotopic (exact) mass is 423 g/mol. The van der Waals surface area contributed by atoms with Crippen molar-refractivity contribution in [3.63, 3.8) is 0 Å². The van der Waals surface area contributed by atoms with Gasteiger partial charge in [0.1, 0.15) is 29.2 Å². The molecule has 0 unspecified atom stereocenters. The molecular formula is C22H19F2N5O2. The van der Waals surface area contributed by atoms with E-state index in [-0.39, 0.29) is 29.3 Å². The van der Waals surface area contributed by atoms with E-state index in [2.05, 4.69) is 9.97 Å². The van der Waals surface area contributed by atoms with Crippen molar-refractivity contribution < 1.29 is 13.6 Å². The summed E-state index contributed by atoms with van der Waals surface area (Å²) in [6, 6.07) is 10.7. The van der Waals surface area contributed by atoms with Crippen LogP contribution in [0.1, 0.15) is 0 Å². The Morgan fingerprint density at radius 3 is 2.61 bits per heavy atom. The number of fused-ring (bicyclic) bond motifs is 3. The first-order valence-electron chi connectivity index (χ1n) is 9.95. The number of rotatable bonds is 3. The number of carbonyl (C=O) groups excluding carboxylic acids is 1. The van der Waals surface area contributed by atoms with Gasteiger partial charge in [0, 0.05) is 37.1 Å². The number of hydrogen-bond donors (Lipinski definition) is 1. The first-order chi connectivity index (χ1) is 15.0. The van der Waals surface area contributed by atoms with Crippen molar-refractivity contribution in [2.45, 2.75) is 6.54 Å². The molecule has 31 heavy (non-hydrogen) atoms. The van der Waals surface area contributed by atoms with Crippen LogP contribution in [0.5, 0.6) is 0 Å². The molecule has 158 valence electrons. The lowest BCUT2D eigenvalue weighted by Crippen LogP contribution is -2.50. The van der Waals surface area contributed by atoms with E-state index in [9.17, 15) is 18.4 Å². The van der Waals surface area contributed by atoms with E-state index in [1.165, 1.54) is 29.1 Å². The molecule has 1 amide bonds. The molecule has 7 nitrogen and oxygen atoms in total. The SMILES string of the molecule is O=C(Cn1cnc2c([nH]c3ccc(F)cc32)c1=O)N1CCN(c2ccccc2F)CC1. The highest BCUT2D eigenvalue weighted by Crippen LogP contribution is 2.22. The first kappa shape index (κ1) is 19.2. The summed E-state index contributed by atoms with van der Waals surface area (Å²) in [4.78, 5) is 36.4. The fraction of sp³-hybridized carbons (Fsp3) is 0.227. The summed E-state index contributed by atoms with van der Waals surface area (Å²) >= 11 is 0. The zero-order valence-electron chi connectivity index (χ0n) is 16.5. The number of para-hydroxylation sites is 1. The molecule has 0 spiro atoms. The lowest BCUT2D eigenvalue weighted by Gasteiger charge is -2.36. The number of aromatic amines is 1. The van der Waals surface area contributed by atoms with E-state index in [4.69, 9.17) is 0 Å². The van der Waals surface area contributed by atoms with Crippen LogP contribution >= 0.6 is 0 Å². The van der Waals surface area contributed by atoms with Crippen molar-refractivity contribution in [1.82, 2.24) is 19.4 Å². The number of aromatic nitrogens is 3. The quantitative estimate of drug-likeness (QED) is 0.550. The molecule has 0 aliphatic carbocycles. The summed E-state index contributed by atoms with van der Waals surface area (Å²) < 4.78 is 28.8. The second-order valence-corrected chi connectivity index (χ2v) is 7.54. The number of piperazine rings is 1. The number of carbonyl (C=O) groups is 1. The molecular weight excluding hydrogens is 404 g/mol. The predicted octanol–water partition coefficient (Wildman–Crippen LogP) is 2.50. The van der Waals surface area contributed by atoms with Gasteiger partial charge >= 0.3 is 0 Å². The molecule has 4 aromatic rings. The topological polar surface area (TPSA) is 74.2 Å². The van der Waals surface area contributed by atoms with Gasteiger partial charge in [0.2, 0.25) is 5.91 Å². The Bertz CT molecular complexity index is 1360. The normalized spacial score (nSPS) is 14.5. The Kier molecular flexibility index (Phi) is 4.65. The average molecular weight is 423 g/mol. The van der Waals surface area contributed by atoms with Crippen LogP contribution in [-0.2, 0) is 11.3 Å². The Morgan fingerprint density at radius 2 is 1.84 bits per heavy atom. The zero-order chi connectivity index (χ0) is 21.5. The minimum Gasteiger partial charge on any atom is -0.366 e. The number of nitrogens with one attached hydrogen (secondary N) is 1. The van der Waals surface area contributed by atoms with E-state index < -0.39 is 5.82 Å². The van der Waals surface area contributed by atoms with Crippen LogP contribution in [0, 0.1) is 11.6 Å². The Morgan fingerprint density at radius 1 is 1.06 bits per heavy atom. The van der Waals surface area contributed by atoms with Gasteiger partial charge in [-0.25, -0.2) is 13.8 Å². The van der Waals surface area contributed by atoms with Crippen LogP contribution in [0.4, 0.5) is 14.5 Å². The third kappa shape index (κ3) is 3.41. The van der Waals surface area contributed by atoms with E-state index in [1.807, 2.05) is 4.90 Å². The molecule has 1 saturated heterocycles. The minimum absolute atomic E-state index is 0.148. The number of anilines is 1. The third-order valence-electron chi connectivity index (χ3n) is 5.67. The molecule has 2 aromatic heterocycles. The Hall–Kier alpha value is -3.75. The van der Waals surface area contributed by atoms with Gasteiger partial charge in [-0.1, -0.05) is 12.1 Å². The van der Waals surface area contributed by atoms with Crippen molar-refractivity contribution in [2.75, 3.05) is 31.1 Å². The molecule has 0 saturated carbocycles. The highest BCUT2D eigenvalue weighted by atomic mass is 19.1. The first-order valence-corrected chi connectivity index (χ1v) is 9.95. The van der Waals surface area contributed by atoms with Crippen LogP contribution in [0.2, 0.25) is 0 Å². The maximum atomic E-state index is 14.0. The number of amides is 1. The average Bonchev–Trinajstić information content (AvgIpc) is 3.15. The largest absolute Gasteiger partial charge is 0.366 e. The molecule has 2 aromatic carbocycles. The van der Waals surface area contributed by atoms with Crippen molar-refractivity contribution in [3.8, 4) is 0 Å². The zero-order valence-corrected chi connectivity index (χ0v) is 16.5. The van der Waals surface area contributed by atoms with Crippen LogP contribution in [0.3, 0.4) is 0 Å². The predicted molar refractivity (Wildman–Crippen MR) is 113 cm³/mol. The summed E-state index contributed by atoms with van der Waals surface area (Å²) in [7, 11) is 0. The van der Waals surface area contributed by atoms with E-state index in [0.29, 0.717) is 48.3 Å². The maximum absolute atomic E-state index is 14.0. The summed E-state index contributed by atoms with van der Waals surface area (Å²) in [5.74, 6) is -0.908. The second-order valence-electron chi connectivity index (χ2n) is 7.54. The van der Waals surface area contributed by atoms with Crippen LogP contribution < -0.4 is 10.5 Å². The van der Waals surface area contributed by atoms with Gasteiger partial charge in [-0.15, -0.1) is 0 Å². The number of benzene rings is 2. The Labute approximate surface area is 175 Å². The highest BCUT2D eigenvalue weighted by molar-refractivity contribution is 6.04. The lowest BCUT2D eigenvalue weighted by atomic mass is 10.2. The van der Waals surface area contributed by atoms with Crippen molar-refractivity contribution in [3.05, 3.63) is 70.8 Å². The van der Waals surface area contributed by atoms with Crippen molar-refractivity contribution in [1.29, 1.82) is 0 Å². The van der Waals surface area contributed by atoms with Crippen molar-refractivity contribution in [2.24, 2.45) is 0 Å². The summed E-state index contributed by atoms with van der Waals surface area (Å²) in [5.41, 5.74) is 1.35. The maximum Gasteiger partial charge on any atom is 0.278 e. The van der Waals surface area contributed by atoms with E-state index in [0.717, 1.165) is 0 Å². The number of H-pyrrole nitrogens is 1. The molecule has 1 fully saturated rings. The summed E-state index contributed by atoms with van der Waals surface area (Å²) in [5, 5.41) is 0.523. The molecule has 1 aliphatic heterocycles. The third-order valence-corrected chi connectivity index (χ3v) is 5.67. The number of nitrogens with zero attached hydrogens (tertiary/aromatic N) is 4. The molecule has 3 heterocycles. The molecule has 1 N–H and O–H groups in total. The fourth-order valence-corrected chi connectivity index (χ4v) is 4.03. The van der Waals surface area contributed by atoms with E-state index in [1.54, 1.807) is 29.2 Å². The Balaban J connectivity index is 1.33. The van der Waals surface area contributed by atoms with Gasteiger partial charge in [-0.05, 0) is 30.3 Å². The molecule has 9 heteroatoms. The molecule has 5 rings (SSSR count). The van der Waals surface area contributed by atoms with Crippen molar-refractivity contribution >= 4 is 33.5 Å². The van der Waals surface area contributed by atoms with Gasteiger partial charge in [0.25, 0.3) is 5.56 Å². The second kappa shape index (κ2) is 7.50. The minimum atomic E-state index is -0.413. The molecule has 0 atom stereocenters. The van der Waals surface area contributed by atoms with Crippen LogP contribution in [0.15, 0.2) is 53.6 Å². The van der Waals surface area contributed by atoms with Gasteiger partial charge in [-0.3, -0.25) is 14.2 Å². The van der Waals surface area contributed by atoms with Gasteiger partial charge < -0.3 is 14.8 Å².